The van der Waals surface area contributed by atoms with Gasteiger partial charge in [0.2, 0.25) is 5.91 Å². The second kappa shape index (κ2) is 6.00. The first kappa shape index (κ1) is 12.4. The number of anilines is 1. The molecule has 1 atom stereocenters. The third-order valence-corrected chi connectivity index (χ3v) is 2.10. The lowest BCUT2D eigenvalue weighted by Crippen LogP contribution is -2.24. The van der Waals surface area contributed by atoms with Crippen molar-refractivity contribution in [1.82, 2.24) is 0 Å². The van der Waals surface area contributed by atoms with E-state index >= 15 is 0 Å². The van der Waals surface area contributed by atoms with Crippen molar-refractivity contribution in [3.63, 3.8) is 0 Å². The molecule has 0 radical (unpaired) electrons. The maximum atomic E-state index is 10.8. The average molecular weight is 222 g/mol. The van der Waals surface area contributed by atoms with Crippen LogP contribution in [0.2, 0.25) is 0 Å². The summed E-state index contributed by atoms with van der Waals surface area (Å²) in [6, 6.07) is 7.64. The fourth-order valence-corrected chi connectivity index (χ4v) is 1.49. The van der Waals surface area contributed by atoms with Crippen molar-refractivity contribution in [3.05, 3.63) is 24.3 Å². The topological polar surface area (TPSA) is 64.3 Å². The van der Waals surface area contributed by atoms with Gasteiger partial charge in [0.05, 0.1) is 12.3 Å². The highest BCUT2D eigenvalue weighted by atomic mass is 16.5. The van der Waals surface area contributed by atoms with Crippen LogP contribution < -0.4 is 15.8 Å². The SMILES string of the molecule is CCOc1ccccc1NC(C)CC(N)=O. The van der Waals surface area contributed by atoms with Crippen molar-refractivity contribution < 1.29 is 9.53 Å². The van der Waals surface area contributed by atoms with Crippen molar-refractivity contribution in [1.29, 1.82) is 0 Å². The highest BCUT2D eigenvalue weighted by Gasteiger charge is 2.08. The highest BCUT2D eigenvalue weighted by molar-refractivity contribution is 5.75. The standard InChI is InChI=1S/C12H18N2O2/c1-3-16-11-7-5-4-6-10(11)14-9(2)8-12(13)15/h4-7,9,14H,3,8H2,1-2H3,(H2,13,15). The first-order valence-corrected chi connectivity index (χ1v) is 5.40. The lowest BCUT2D eigenvalue weighted by Gasteiger charge is -2.16. The van der Waals surface area contributed by atoms with Crippen molar-refractivity contribution in [2.75, 3.05) is 11.9 Å². The molecule has 0 spiro atoms. The number of nitrogens with two attached hydrogens (primary N) is 1. The molecule has 0 saturated heterocycles. The number of para-hydroxylation sites is 2. The number of carbonyl (C=O) groups is 1. The zero-order valence-corrected chi connectivity index (χ0v) is 9.69. The fourth-order valence-electron chi connectivity index (χ4n) is 1.49. The number of amides is 1. The molecule has 0 heterocycles. The molecule has 4 heteroatoms. The largest absolute Gasteiger partial charge is 0.492 e. The molecule has 1 rings (SSSR count). The summed E-state index contributed by atoms with van der Waals surface area (Å²) in [5, 5.41) is 3.20. The number of benzene rings is 1. The summed E-state index contributed by atoms with van der Waals surface area (Å²) in [4.78, 5) is 10.8. The number of hydrogen-bond acceptors (Lipinski definition) is 3. The van der Waals surface area contributed by atoms with E-state index in [1.54, 1.807) is 0 Å². The molecule has 1 amide bonds. The van der Waals surface area contributed by atoms with Crippen LogP contribution >= 0.6 is 0 Å². The van der Waals surface area contributed by atoms with Crippen molar-refractivity contribution in [3.8, 4) is 5.75 Å². The fraction of sp³-hybridized carbons (Fsp3) is 0.417. The Morgan fingerprint density at radius 1 is 1.50 bits per heavy atom. The minimum Gasteiger partial charge on any atom is -0.492 e. The Bertz CT molecular complexity index is 353. The molecule has 0 saturated carbocycles. The van der Waals surface area contributed by atoms with Gasteiger partial charge in [-0.1, -0.05) is 12.1 Å². The molecule has 0 fully saturated rings. The Hall–Kier alpha value is -1.71. The zero-order valence-electron chi connectivity index (χ0n) is 9.69. The first-order valence-electron chi connectivity index (χ1n) is 5.40. The van der Waals surface area contributed by atoms with Crippen LogP contribution in [0.25, 0.3) is 0 Å². The van der Waals surface area contributed by atoms with Gasteiger partial charge in [0.25, 0.3) is 0 Å². The van der Waals surface area contributed by atoms with Crippen LogP contribution in [0.15, 0.2) is 24.3 Å². The monoisotopic (exact) mass is 222 g/mol. The van der Waals surface area contributed by atoms with E-state index < -0.39 is 0 Å². The Balaban J connectivity index is 2.68. The third-order valence-electron chi connectivity index (χ3n) is 2.10. The van der Waals surface area contributed by atoms with Gasteiger partial charge in [-0.2, -0.15) is 0 Å². The maximum absolute atomic E-state index is 10.8. The van der Waals surface area contributed by atoms with Gasteiger partial charge in [0.1, 0.15) is 5.75 Å². The molecule has 1 aromatic carbocycles. The summed E-state index contributed by atoms with van der Waals surface area (Å²) in [7, 11) is 0. The molecular weight excluding hydrogens is 204 g/mol. The Morgan fingerprint density at radius 3 is 2.81 bits per heavy atom. The molecule has 0 aliphatic heterocycles. The third kappa shape index (κ3) is 3.81. The second-order valence-corrected chi connectivity index (χ2v) is 3.64. The van der Waals surface area contributed by atoms with E-state index in [2.05, 4.69) is 5.32 Å². The van der Waals surface area contributed by atoms with Gasteiger partial charge >= 0.3 is 0 Å². The summed E-state index contributed by atoms with van der Waals surface area (Å²) in [5.41, 5.74) is 6.02. The normalized spacial score (nSPS) is 11.9. The van der Waals surface area contributed by atoms with Crippen LogP contribution in [0, 0.1) is 0 Å². The highest BCUT2D eigenvalue weighted by Crippen LogP contribution is 2.24. The lowest BCUT2D eigenvalue weighted by atomic mass is 10.2. The average Bonchev–Trinajstić information content (AvgIpc) is 2.20. The predicted octanol–water partition coefficient (Wildman–Crippen LogP) is 1.76. The molecule has 0 bridgehead atoms. The molecule has 1 aromatic rings. The van der Waals surface area contributed by atoms with Gasteiger partial charge in [-0.15, -0.1) is 0 Å². The Morgan fingerprint density at radius 2 is 2.19 bits per heavy atom. The summed E-state index contributed by atoms with van der Waals surface area (Å²) in [6.07, 6.45) is 0.306. The van der Waals surface area contributed by atoms with E-state index in [0.717, 1.165) is 11.4 Å². The van der Waals surface area contributed by atoms with Crippen LogP contribution in [-0.4, -0.2) is 18.6 Å². The number of hydrogen-bond donors (Lipinski definition) is 2. The van der Waals surface area contributed by atoms with Crippen LogP contribution in [0.4, 0.5) is 5.69 Å². The van der Waals surface area contributed by atoms with Crippen LogP contribution in [0.1, 0.15) is 20.3 Å². The molecule has 88 valence electrons. The molecule has 0 aliphatic rings. The molecule has 1 unspecified atom stereocenters. The minimum absolute atomic E-state index is 0.000828. The second-order valence-electron chi connectivity index (χ2n) is 3.64. The number of nitrogens with one attached hydrogen (secondary N) is 1. The van der Waals surface area contributed by atoms with Crippen LogP contribution in [-0.2, 0) is 4.79 Å². The Labute approximate surface area is 95.8 Å². The van der Waals surface area contributed by atoms with Crippen molar-refractivity contribution >= 4 is 11.6 Å². The van der Waals surface area contributed by atoms with Crippen LogP contribution in [0.3, 0.4) is 0 Å². The van der Waals surface area contributed by atoms with E-state index in [1.807, 2.05) is 38.1 Å². The van der Waals surface area contributed by atoms with Gasteiger partial charge in [-0.3, -0.25) is 4.79 Å². The number of primary amides is 1. The van der Waals surface area contributed by atoms with E-state index in [4.69, 9.17) is 10.5 Å². The molecule has 4 nitrogen and oxygen atoms in total. The predicted molar refractivity (Wildman–Crippen MR) is 64.5 cm³/mol. The molecule has 0 aromatic heterocycles. The van der Waals surface area contributed by atoms with Gasteiger partial charge in [-0.05, 0) is 26.0 Å². The van der Waals surface area contributed by atoms with E-state index in [-0.39, 0.29) is 11.9 Å². The smallest absolute Gasteiger partial charge is 0.219 e. The van der Waals surface area contributed by atoms with Gasteiger partial charge < -0.3 is 15.8 Å². The molecule has 16 heavy (non-hydrogen) atoms. The number of ether oxygens (including phenoxy) is 1. The summed E-state index contributed by atoms with van der Waals surface area (Å²) < 4.78 is 5.46. The molecule has 3 N–H and O–H groups in total. The number of rotatable bonds is 6. The first-order chi connectivity index (χ1) is 7.63. The van der Waals surface area contributed by atoms with Gasteiger partial charge in [0, 0.05) is 12.5 Å². The minimum atomic E-state index is -0.311. The van der Waals surface area contributed by atoms with Crippen molar-refractivity contribution in [2.45, 2.75) is 26.3 Å². The van der Waals surface area contributed by atoms with E-state index in [1.165, 1.54) is 0 Å². The van der Waals surface area contributed by atoms with Crippen LogP contribution in [0.5, 0.6) is 5.75 Å². The number of carbonyl (C=O) groups excluding carboxylic acids is 1. The lowest BCUT2D eigenvalue weighted by molar-refractivity contribution is -0.118. The van der Waals surface area contributed by atoms with E-state index in [9.17, 15) is 4.79 Å². The summed E-state index contributed by atoms with van der Waals surface area (Å²) in [5.74, 6) is 0.482. The van der Waals surface area contributed by atoms with Gasteiger partial charge in [0.15, 0.2) is 0 Å². The molecular formula is C12H18N2O2. The Kier molecular flexibility index (Phi) is 4.64. The quantitative estimate of drug-likeness (QED) is 0.770. The van der Waals surface area contributed by atoms with Crippen molar-refractivity contribution in [2.24, 2.45) is 5.73 Å². The molecule has 0 aliphatic carbocycles. The van der Waals surface area contributed by atoms with E-state index in [0.29, 0.717) is 13.0 Å². The summed E-state index contributed by atoms with van der Waals surface area (Å²) >= 11 is 0. The van der Waals surface area contributed by atoms with Gasteiger partial charge in [-0.25, -0.2) is 0 Å². The summed E-state index contributed by atoms with van der Waals surface area (Å²) in [6.45, 7) is 4.46. The zero-order chi connectivity index (χ0) is 12.0. The maximum Gasteiger partial charge on any atom is 0.219 e.